The van der Waals surface area contributed by atoms with Crippen molar-refractivity contribution < 1.29 is 9.66 Å². The van der Waals surface area contributed by atoms with Gasteiger partial charge in [0.05, 0.1) is 11.5 Å². The average molecular weight is 359 g/mol. The lowest BCUT2D eigenvalue weighted by Crippen LogP contribution is -2.27. The average Bonchev–Trinajstić information content (AvgIpc) is 2.55. The maximum Gasteiger partial charge on any atom is 0.353 e. The predicted molar refractivity (Wildman–Crippen MR) is 102 cm³/mol. The van der Waals surface area contributed by atoms with Gasteiger partial charge in [0.25, 0.3) is 0 Å². The first-order valence-electron chi connectivity index (χ1n) is 8.57. The molecule has 0 aliphatic carbocycles. The predicted octanol–water partition coefficient (Wildman–Crippen LogP) is 4.52. The Kier molecular flexibility index (Phi) is 6.32. The van der Waals surface area contributed by atoms with E-state index in [1.807, 2.05) is 32.9 Å². The van der Waals surface area contributed by atoms with Gasteiger partial charge in [-0.15, -0.1) is 0 Å². The molecule has 2 rings (SSSR count). The molecule has 0 spiro atoms. The van der Waals surface area contributed by atoms with Gasteiger partial charge in [-0.1, -0.05) is 13.3 Å². The summed E-state index contributed by atoms with van der Waals surface area (Å²) in [6.45, 7) is 8.49. The third-order valence-corrected chi connectivity index (χ3v) is 3.38. The van der Waals surface area contributed by atoms with Crippen molar-refractivity contribution in [3.8, 4) is 5.75 Å². The normalized spacial score (nSPS) is 11.1. The second kappa shape index (κ2) is 8.46. The SMILES string of the molecule is CCCCOc1ccc(Nc2ncnc(NC(C)(C)C)c2[N+](=O)[O-])cc1. The van der Waals surface area contributed by atoms with Gasteiger partial charge in [-0.25, -0.2) is 9.97 Å². The van der Waals surface area contributed by atoms with E-state index in [-0.39, 0.29) is 22.9 Å². The minimum atomic E-state index is -0.487. The number of benzene rings is 1. The molecule has 0 unspecified atom stereocenters. The Morgan fingerprint density at radius 2 is 1.81 bits per heavy atom. The molecule has 0 bridgehead atoms. The summed E-state index contributed by atoms with van der Waals surface area (Å²) in [5.41, 5.74) is 0.121. The van der Waals surface area contributed by atoms with E-state index in [2.05, 4.69) is 27.5 Å². The maximum absolute atomic E-state index is 11.5. The number of rotatable bonds is 8. The van der Waals surface area contributed by atoms with E-state index in [9.17, 15) is 10.1 Å². The fourth-order valence-electron chi connectivity index (χ4n) is 2.20. The van der Waals surface area contributed by atoms with Crippen molar-refractivity contribution >= 4 is 23.0 Å². The van der Waals surface area contributed by atoms with Crippen LogP contribution >= 0.6 is 0 Å². The van der Waals surface area contributed by atoms with Crippen LogP contribution in [-0.2, 0) is 0 Å². The highest BCUT2D eigenvalue weighted by atomic mass is 16.6. The first-order chi connectivity index (χ1) is 12.3. The third kappa shape index (κ3) is 5.58. The molecule has 0 saturated carbocycles. The molecule has 140 valence electrons. The second-order valence-electron chi connectivity index (χ2n) is 6.90. The summed E-state index contributed by atoms with van der Waals surface area (Å²) in [5.74, 6) is 1.08. The van der Waals surface area contributed by atoms with Crippen LogP contribution in [0.1, 0.15) is 40.5 Å². The molecule has 0 radical (unpaired) electrons. The summed E-state index contributed by atoms with van der Waals surface area (Å²) in [6.07, 6.45) is 3.37. The van der Waals surface area contributed by atoms with Crippen LogP contribution in [0, 0.1) is 10.1 Å². The lowest BCUT2D eigenvalue weighted by Gasteiger charge is -2.21. The van der Waals surface area contributed by atoms with Gasteiger partial charge in [0.2, 0.25) is 11.6 Å². The fraction of sp³-hybridized carbons (Fsp3) is 0.444. The van der Waals surface area contributed by atoms with Crippen molar-refractivity contribution in [1.29, 1.82) is 0 Å². The van der Waals surface area contributed by atoms with Crippen molar-refractivity contribution in [1.82, 2.24) is 9.97 Å². The van der Waals surface area contributed by atoms with Crippen molar-refractivity contribution in [3.05, 3.63) is 40.7 Å². The van der Waals surface area contributed by atoms with Crippen molar-refractivity contribution in [2.24, 2.45) is 0 Å². The van der Waals surface area contributed by atoms with E-state index >= 15 is 0 Å². The van der Waals surface area contributed by atoms with Crippen molar-refractivity contribution in [2.45, 2.75) is 46.1 Å². The minimum Gasteiger partial charge on any atom is -0.494 e. The summed E-state index contributed by atoms with van der Waals surface area (Å²) >= 11 is 0. The zero-order chi connectivity index (χ0) is 19.2. The van der Waals surface area contributed by atoms with Crippen LogP contribution in [0.3, 0.4) is 0 Å². The van der Waals surface area contributed by atoms with Crippen molar-refractivity contribution in [2.75, 3.05) is 17.2 Å². The van der Waals surface area contributed by atoms with Gasteiger partial charge in [-0.3, -0.25) is 10.1 Å². The summed E-state index contributed by atoms with van der Waals surface area (Å²) in [5, 5.41) is 17.6. The van der Waals surface area contributed by atoms with Gasteiger partial charge in [0.15, 0.2) is 0 Å². The highest BCUT2D eigenvalue weighted by molar-refractivity contribution is 5.74. The molecule has 0 saturated heterocycles. The quantitative estimate of drug-likeness (QED) is 0.406. The molecule has 2 N–H and O–H groups in total. The smallest absolute Gasteiger partial charge is 0.353 e. The van der Waals surface area contributed by atoms with Crippen LogP contribution < -0.4 is 15.4 Å². The van der Waals surface area contributed by atoms with Gasteiger partial charge in [0.1, 0.15) is 12.1 Å². The molecular formula is C18H25N5O3. The summed E-state index contributed by atoms with van der Waals surface area (Å²) in [6, 6.07) is 7.23. The van der Waals surface area contributed by atoms with Crippen LogP contribution in [0.15, 0.2) is 30.6 Å². The van der Waals surface area contributed by atoms with Crippen LogP contribution in [-0.4, -0.2) is 27.0 Å². The molecule has 1 heterocycles. The molecule has 0 atom stereocenters. The van der Waals surface area contributed by atoms with Crippen LogP contribution in [0.25, 0.3) is 0 Å². The molecular weight excluding hydrogens is 334 g/mol. The Balaban J connectivity index is 2.20. The van der Waals surface area contributed by atoms with Gasteiger partial charge in [-0.05, 0) is 51.5 Å². The molecule has 0 aliphatic heterocycles. The molecule has 1 aromatic carbocycles. The number of nitro groups is 1. The molecule has 26 heavy (non-hydrogen) atoms. The standard InChI is InChI=1S/C18H25N5O3/c1-5-6-11-26-14-9-7-13(8-10-14)21-16-15(23(24)25)17(20-12-19-16)22-18(2,3)4/h7-10,12H,5-6,11H2,1-4H3,(H2,19,20,21,22). The van der Waals surface area contributed by atoms with Crippen LogP contribution in [0.2, 0.25) is 0 Å². The van der Waals surface area contributed by atoms with E-state index in [1.165, 1.54) is 6.33 Å². The van der Waals surface area contributed by atoms with E-state index < -0.39 is 4.92 Å². The van der Waals surface area contributed by atoms with E-state index in [0.29, 0.717) is 12.3 Å². The Hall–Kier alpha value is -2.90. The Bertz CT molecular complexity index is 741. The number of unbranched alkanes of at least 4 members (excludes halogenated alkanes) is 1. The van der Waals surface area contributed by atoms with Crippen LogP contribution in [0.5, 0.6) is 5.75 Å². The topological polar surface area (TPSA) is 102 Å². The highest BCUT2D eigenvalue weighted by Crippen LogP contribution is 2.32. The largest absolute Gasteiger partial charge is 0.494 e. The van der Waals surface area contributed by atoms with Crippen LogP contribution in [0.4, 0.5) is 23.0 Å². The number of hydrogen-bond donors (Lipinski definition) is 2. The monoisotopic (exact) mass is 359 g/mol. The molecule has 8 nitrogen and oxygen atoms in total. The van der Waals surface area contributed by atoms with E-state index in [4.69, 9.17) is 4.74 Å². The van der Waals surface area contributed by atoms with E-state index in [0.717, 1.165) is 18.6 Å². The number of hydrogen-bond acceptors (Lipinski definition) is 7. The summed E-state index contributed by atoms with van der Waals surface area (Å²) in [7, 11) is 0. The fourth-order valence-corrected chi connectivity index (χ4v) is 2.20. The Labute approximate surface area is 153 Å². The number of nitrogens with zero attached hydrogens (tertiary/aromatic N) is 3. The lowest BCUT2D eigenvalue weighted by molar-refractivity contribution is -0.383. The van der Waals surface area contributed by atoms with Crippen molar-refractivity contribution in [3.63, 3.8) is 0 Å². The number of aromatic nitrogens is 2. The number of ether oxygens (including phenoxy) is 1. The summed E-state index contributed by atoms with van der Waals surface area (Å²) < 4.78 is 5.62. The highest BCUT2D eigenvalue weighted by Gasteiger charge is 2.25. The van der Waals surface area contributed by atoms with Gasteiger partial charge >= 0.3 is 5.69 Å². The molecule has 8 heteroatoms. The number of anilines is 3. The Morgan fingerprint density at radius 3 is 2.38 bits per heavy atom. The molecule has 0 fully saturated rings. The zero-order valence-electron chi connectivity index (χ0n) is 15.6. The summed E-state index contributed by atoms with van der Waals surface area (Å²) in [4.78, 5) is 19.1. The van der Waals surface area contributed by atoms with Gasteiger partial charge in [0, 0.05) is 11.2 Å². The zero-order valence-corrected chi connectivity index (χ0v) is 15.6. The van der Waals surface area contributed by atoms with Gasteiger partial charge < -0.3 is 15.4 Å². The second-order valence-corrected chi connectivity index (χ2v) is 6.90. The first kappa shape index (κ1) is 19.4. The van der Waals surface area contributed by atoms with Gasteiger partial charge in [-0.2, -0.15) is 0 Å². The molecule has 1 aromatic heterocycles. The molecule has 2 aromatic rings. The van der Waals surface area contributed by atoms with E-state index in [1.54, 1.807) is 12.1 Å². The molecule has 0 amide bonds. The molecule has 0 aliphatic rings. The number of nitrogens with one attached hydrogen (secondary N) is 2. The first-order valence-corrected chi connectivity index (χ1v) is 8.57. The Morgan fingerprint density at radius 1 is 1.15 bits per heavy atom. The lowest BCUT2D eigenvalue weighted by atomic mass is 10.1. The third-order valence-electron chi connectivity index (χ3n) is 3.38. The maximum atomic E-state index is 11.5. The minimum absolute atomic E-state index is 0.136.